The van der Waals surface area contributed by atoms with Crippen molar-refractivity contribution in [1.82, 2.24) is 5.32 Å². The maximum atomic E-state index is 8.38. The lowest BCUT2D eigenvalue weighted by Crippen LogP contribution is -2.19. The topological polar surface area (TPSA) is 122 Å². The van der Waals surface area contributed by atoms with Gasteiger partial charge in [-0.05, 0) is 61.7 Å². The second kappa shape index (κ2) is 11.8. The van der Waals surface area contributed by atoms with E-state index in [1.54, 1.807) is 18.2 Å². The SMILES string of the molecule is C[C@H]1CC(CNc2ccc(/C(C=N)=C/N)cc2C=N)CN1.N#Cc1cccc(S)c1. The summed E-state index contributed by atoms with van der Waals surface area (Å²) in [5.74, 6) is 0.624. The van der Waals surface area contributed by atoms with Crippen LogP contribution < -0.4 is 16.4 Å². The third-order valence-electron chi connectivity index (χ3n) is 4.87. The highest BCUT2D eigenvalue weighted by atomic mass is 32.1. The van der Waals surface area contributed by atoms with Crippen LogP contribution in [0.3, 0.4) is 0 Å². The summed E-state index contributed by atoms with van der Waals surface area (Å²) >= 11 is 4.06. The van der Waals surface area contributed by atoms with E-state index in [9.17, 15) is 0 Å². The molecule has 0 amide bonds. The van der Waals surface area contributed by atoms with Crippen molar-refractivity contribution in [2.75, 3.05) is 18.4 Å². The number of hydrogen-bond donors (Lipinski definition) is 6. The van der Waals surface area contributed by atoms with E-state index in [0.717, 1.165) is 34.8 Å². The van der Waals surface area contributed by atoms with Gasteiger partial charge in [0.2, 0.25) is 0 Å². The van der Waals surface area contributed by atoms with Gasteiger partial charge in [-0.2, -0.15) is 5.26 Å². The van der Waals surface area contributed by atoms with Gasteiger partial charge in [0.1, 0.15) is 0 Å². The van der Waals surface area contributed by atoms with Crippen molar-refractivity contribution in [3.8, 4) is 6.07 Å². The van der Waals surface area contributed by atoms with Gasteiger partial charge in [0.25, 0.3) is 0 Å². The predicted octanol–water partition coefficient (Wildman–Crippen LogP) is 3.89. The van der Waals surface area contributed by atoms with Gasteiger partial charge in [-0.15, -0.1) is 12.6 Å². The van der Waals surface area contributed by atoms with E-state index in [4.69, 9.17) is 21.8 Å². The molecule has 0 spiro atoms. The van der Waals surface area contributed by atoms with Crippen molar-refractivity contribution < 1.29 is 0 Å². The zero-order valence-electron chi connectivity index (χ0n) is 17.0. The van der Waals surface area contributed by atoms with Gasteiger partial charge < -0.3 is 27.2 Å². The summed E-state index contributed by atoms with van der Waals surface area (Å²) in [7, 11) is 0. The van der Waals surface area contributed by atoms with Gasteiger partial charge in [-0.3, -0.25) is 0 Å². The Bertz CT molecular complexity index is 947. The average molecular weight is 421 g/mol. The van der Waals surface area contributed by atoms with Crippen LogP contribution in [0.2, 0.25) is 0 Å². The number of thiol groups is 1. The zero-order chi connectivity index (χ0) is 21.9. The van der Waals surface area contributed by atoms with Gasteiger partial charge >= 0.3 is 0 Å². The molecule has 3 rings (SSSR count). The molecule has 7 heteroatoms. The minimum absolute atomic E-state index is 0.589. The van der Waals surface area contributed by atoms with Gasteiger partial charge in [-0.25, -0.2) is 0 Å². The molecule has 6 nitrogen and oxygen atoms in total. The lowest BCUT2D eigenvalue weighted by molar-refractivity contribution is 0.596. The monoisotopic (exact) mass is 420 g/mol. The van der Waals surface area contributed by atoms with E-state index < -0.39 is 0 Å². The van der Waals surface area contributed by atoms with E-state index in [1.165, 1.54) is 25.0 Å². The molecule has 1 unspecified atom stereocenters. The van der Waals surface area contributed by atoms with Crippen LogP contribution in [-0.4, -0.2) is 31.6 Å². The molecule has 1 aliphatic rings. The minimum atomic E-state index is 0.589. The molecular weight excluding hydrogens is 392 g/mol. The second-order valence-corrected chi connectivity index (χ2v) is 7.68. The fourth-order valence-corrected chi connectivity index (χ4v) is 3.50. The molecule has 1 fully saturated rings. The summed E-state index contributed by atoms with van der Waals surface area (Å²) in [6, 6.07) is 15.5. The Balaban J connectivity index is 0.000000297. The highest BCUT2D eigenvalue weighted by Gasteiger charge is 2.20. The first-order chi connectivity index (χ1) is 14.5. The first kappa shape index (κ1) is 23.2. The van der Waals surface area contributed by atoms with Crippen LogP contribution in [0.15, 0.2) is 53.6 Å². The highest BCUT2D eigenvalue weighted by molar-refractivity contribution is 7.80. The van der Waals surface area contributed by atoms with Gasteiger partial charge in [-0.1, -0.05) is 12.1 Å². The van der Waals surface area contributed by atoms with Gasteiger partial charge in [0, 0.05) is 52.9 Å². The Kier molecular flexibility index (Phi) is 9.13. The van der Waals surface area contributed by atoms with Crippen molar-refractivity contribution in [3.63, 3.8) is 0 Å². The zero-order valence-corrected chi connectivity index (χ0v) is 17.9. The second-order valence-electron chi connectivity index (χ2n) is 7.17. The number of benzene rings is 2. The van der Waals surface area contributed by atoms with E-state index in [2.05, 4.69) is 30.2 Å². The summed E-state index contributed by atoms with van der Waals surface area (Å²) in [6.45, 7) is 4.15. The van der Waals surface area contributed by atoms with E-state index >= 15 is 0 Å². The lowest BCUT2D eigenvalue weighted by atomic mass is 10.0. The first-order valence-corrected chi connectivity index (χ1v) is 10.2. The average Bonchev–Trinajstić information content (AvgIpc) is 3.19. The maximum absolute atomic E-state index is 8.38. The molecule has 0 bridgehead atoms. The number of nitriles is 1. The van der Waals surface area contributed by atoms with Crippen molar-refractivity contribution in [3.05, 3.63) is 65.4 Å². The number of nitrogens with two attached hydrogens (primary N) is 1. The van der Waals surface area contributed by atoms with Crippen LogP contribution >= 0.6 is 12.6 Å². The Morgan fingerprint density at radius 1 is 1.33 bits per heavy atom. The van der Waals surface area contributed by atoms with Crippen LogP contribution in [0.5, 0.6) is 0 Å². The largest absolute Gasteiger partial charge is 0.404 e. The van der Waals surface area contributed by atoms with E-state index in [0.29, 0.717) is 23.1 Å². The Labute approximate surface area is 183 Å². The summed E-state index contributed by atoms with van der Waals surface area (Å²) in [6.07, 6.45) is 5.15. The van der Waals surface area contributed by atoms with Crippen LogP contribution in [0.25, 0.3) is 5.57 Å². The number of hydrogen-bond acceptors (Lipinski definition) is 7. The van der Waals surface area contributed by atoms with Crippen LogP contribution in [-0.2, 0) is 0 Å². The summed E-state index contributed by atoms with van der Waals surface area (Å²) < 4.78 is 0. The van der Waals surface area contributed by atoms with Gasteiger partial charge in [0.05, 0.1) is 11.6 Å². The first-order valence-electron chi connectivity index (χ1n) is 9.74. The smallest absolute Gasteiger partial charge is 0.0992 e. The highest BCUT2D eigenvalue weighted by Crippen LogP contribution is 2.21. The summed E-state index contributed by atoms with van der Waals surface area (Å²) in [5.41, 5.74) is 9.43. The molecule has 2 atom stereocenters. The normalized spacial score (nSPS) is 18.0. The molecule has 6 N–H and O–H groups in total. The molecule has 1 aliphatic heterocycles. The fraction of sp³-hybridized carbons (Fsp3) is 0.261. The van der Waals surface area contributed by atoms with Crippen molar-refractivity contribution in [2.45, 2.75) is 24.3 Å². The van der Waals surface area contributed by atoms with Gasteiger partial charge in [0.15, 0.2) is 0 Å². The Morgan fingerprint density at radius 3 is 2.67 bits per heavy atom. The predicted molar refractivity (Wildman–Crippen MR) is 128 cm³/mol. The molecule has 1 heterocycles. The number of nitrogens with one attached hydrogen (secondary N) is 4. The molecule has 30 heavy (non-hydrogen) atoms. The Hall–Kier alpha value is -3.08. The lowest BCUT2D eigenvalue weighted by Gasteiger charge is -2.14. The molecule has 0 aromatic heterocycles. The third-order valence-corrected chi connectivity index (χ3v) is 5.15. The van der Waals surface area contributed by atoms with Crippen molar-refractivity contribution in [1.29, 1.82) is 16.1 Å². The van der Waals surface area contributed by atoms with E-state index in [-0.39, 0.29) is 0 Å². The molecule has 1 saturated heterocycles. The Morgan fingerprint density at radius 2 is 2.13 bits per heavy atom. The maximum Gasteiger partial charge on any atom is 0.0992 e. The van der Waals surface area contributed by atoms with E-state index in [1.807, 2.05) is 30.3 Å². The van der Waals surface area contributed by atoms with Crippen molar-refractivity contribution in [2.24, 2.45) is 11.7 Å². The number of rotatable bonds is 6. The molecule has 0 radical (unpaired) electrons. The van der Waals surface area contributed by atoms with Crippen molar-refractivity contribution >= 4 is 36.3 Å². The molecule has 2 aromatic rings. The third kappa shape index (κ3) is 6.76. The molecule has 0 aliphatic carbocycles. The van der Waals surface area contributed by atoms with Crippen LogP contribution in [0.1, 0.15) is 30.0 Å². The number of nitrogens with zero attached hydrogens (tertiary/aromatic N) is 1. The van der Waals surface area contributed by atoms with Crippen LogP contribution in [0.4, 0.5) is 5.69 Å². The quantitative estimate of drug-likeness (QED) is 0.313. The fourth-order valence-electron chi connectivity index (χ4n) is 3.27. The minimum Gasteiger partial charge on any atom is -0.404 e. The molecule has 2 aromatic carbocycles. The standard InChI is InChI=1S/C16H23N5.C7H5NS/c1-11-4-12(9-20-11)10-21-16-3-2-13(5-14(16)6-17)15(7-18)8-19;8-5-6-2-1-3-7(9)4-6/h2-3,5-8,11-12,17-18,20-21H,4,9-10,19H2,1H3;1-4,9H/b15-8+,17-6?,18-7?;/t11-,12?;/m0./s1. The number of allylic oxidation sites excluding steroid dienone is 1. The molecular formula is C23H28N6S. The summed E-state index contributed by atoms with van der Waals surface area (Å²) in [4.78, 5) is 0.828. The molecule has 156 valence electrons. The molecule has 0 saturated carbocycles. The van der Waals surface area contributed by atoms with Crippen LogP contribution in [0, 0.1) is 28.1 Å². The summed E-state index contributed by atoms with van der Waals surface area (Å²) in [5, 5.41) is 30.2. The number of anilines is 1.